The number of anilines is 2. The van der Waals surface area contributed by atoms with E-state index in [1.54, 1.807) is 34.2 Å². The Bertz CT molecular complexity index is 1590. The predicted molar refractivity (Wildman–Crippen MR) is 131 cm³/mol. The Hall–Kier alpha value is -4.41. The Kier molecular flexibility index (Phi) is 5.77. The molecule has 0 radical (unpaired) electrons. The molecule has 1 fully saturated rings. The Morgan fingerprint density at radius 1 is 1.03 bits per heavy atom. The van der Waals surface area contributed by atoms with Crippen molar-refractivity contribution >= 4 is 28.2 Å². The van der Waals surface area contributed by atoms with Crippen LogP contribution in [-0.4, -0.2) is 43.3 Å². The second kappa shape index (κ2) is 9.16. The molecule has 0 atom stereocenters. The van der Waals surface area contributed by atoms with Crippen molar-refractivity contribution < 1.29 is 31.5 Å². The zero-order valence-corrected chi connectivity index (χ0v) is 19.6. The van der Waals surface area contributed by atoms with Crippen molar-refractivity contribution in [3.05, 3.63) is 83.6 Å². The highest BCUT2D eigenvalue weighted by Gasteiger charge is 2.33. The molecule has 38 heavy (non-hydrogen) atoms. The lowest BCUT2D eigenvalue weighted by Crippen LogP contribution is -2.50. The molecule has 0 spiro atoms. The van der Waals surface area contributed by atoms with Gasteiger partial charge in [-0.3, -0.25) is 20.2 Å². The summed E-state index contributed by atoms with van der Waals surface area (Å²) in [6, 6.07) is 10.5. The summed E-state index contributed by atoms with van der Waals surface area (Å²) in [7, 11) is 0. The van der Waals surface area contributed by atoms with Crippen molar-refractivity contribution in [2.75, 3.05) is 36.1 Å². The van der Waals surface area contributed by atoms with Gasteiger partial charge in [-0.15, -0.1) is 0 Å². The number of ether oxygens (including phenoxy) is 1. The first-order valence-corrected chi connectivity index (χ1v) is 11.8. The van der Waals surface area contributed by atoms with Crippen LogP contribution in [0.5, 0.6) is 5.75 Å². The van der Waals surface area contributed by atoms with Crippen molar-refractivity contribution in [3.63, 3.8) is 0 Å². The minimum Gasteiger partial charge on any atom is -0.489 e. The summed E-state index contributed by atoms with van der Waals surface area (Å²) in [6.45, 7) is 0.619. The van der Waals surface area contributed by atoms with Crippen LogP contribution in [-0.2, 0) is 0 Å². The van der Waals surface area contributed by atoms with E-state index in [2.05, 4.69) is 10.4 Å². The van der Waals surface area contributed by atoms with Crippen LogP contribution in [0, 0.1) is 23.3 Å². The van der Waals surface area contributed by atoms with E-state index in [4.69, 9.17) is 4.74 Å². The number of carbonyl (C=O) groups excluding carboxylic acids is 1. The molecular formula is C27H19F5N4O2. The first kappa shape index (κ1) is 24.0. The molecule has 194 valence electrons. The minimum absolute atomic E-state index is 0.0323. The van der Waals surface area contributed by atoms with Gasteiger partial charge in [0.2, 0.25) is 0 Å². The molecule has 3 heterocycles. The standard InChI is InChI=1S/C27H19F5N4O2/c28-14-9-17(24(32)20(31)10-14)23-19(30)6-5-16-25(23)33-11-18(26(16)35-12-15(29)13-35)27(37)34-36-7-8-38-22-4-2-1-3-21(22)36/h1-6,9-11,15H,7-8,12-13H2,(H,34,37). The maximum atomic E-state index is 15.0. The Balaban J connectivity index is 1.48. The number of nitrogens with zero attached hydrogens (tertiary/aromatic N) is 3. The number of hydrazine groups is 1. The number of benzene rings is 3. The lowest BCUT2D eigenvalue weighted by Gasteiger charge is -2.38. The van der Waals surface area contributed by atoms with E-state index in [1.807, 2.05) is 0 Å². The minimum atomic E-state index is -1.48. The number of rotatable bonds is 4. The quantitative estimate of drug-likeness (QED) is 0.294. The Labute approximate surface area is 213 Å². The number of nitrogens with one attached hydrogen (secondary N) is 1. The van der Waals surface area contributed by atoms with Crippen molar-refractivity contribution in [3.8, 4) is 16.9 Å². The average molecular weight is 526 g/mol. The van der Waals surface area contributed by atoms with Gasteiger partial charge in [0.15, 0.2) is 11.6 Å². The van der Waals surface area contributed by atoms with Crippen LogP contribution in [0.1, 0.15) is 10.4 Å². The lowest BCUT2D eigenvalue weighted by atomic mass is 9.97. The number of pyridine rings is 1. The van der Waals surface area contributed by atoms with Crippen LogP contribution >= 0.6 is 0 Å². The molecule has 11 heteroatoms. The fraction of sp³-hybridized carbons (Fsp3) is 0.185. The molecule has 2 aliphatic rings. The van der Waals surface area contributed by atoms with E-state index in [0.29, 0.717) is 36.7 Å². The van der Waals surface area contributed by atoms with E-state index < -0.39 is 46.5 Å². The summed E-state index contributed by atoms with van der Waals surface area (Å²) in [5, 5.41) is 1.82. The normalized spacial score (nSPS) is 15.2. The number of hydrogen-bond donors (Lipinski definition) is 1. The third-order valence-electron chi connectivity index (χ3n) is 6.59. The number of fused-ring (bicyclic) bond motifs is 2. The van der Waals surface area contributed by atoms with Crippen LogP contribution in [0.2, 0.25) is 0 Å². The zero-order valence-electron chi connectivity index (χ0n) is 19.6. The Morgan fingerprint density at radius 3 is 2.61 bits per heavy atom. The Morgan fingerprint density at radius 2 is 1.82 bits per heavy atom. The van der Waals surface area contributed by atoms with Crippen LogP contribution in [0.3, 0.4) is 0 Å². The highest BCUT2D eigenvalue weighted by molar-refractivity contribution is 6.10. The van der Waals surface area contributed by atoms with Gasteiger partial charge in [-0.05, 0) is 30.3 Å². The van der Waals surface area contributed by atoms with Gasteiger partial charge in [-0.2, -0.15) is 0 Å². The highest BCUT2D eigenvalue weighted by Crippen LogP contribution is 2.40. The maximum absolute atomic E-state index is 15.0. The van der Waals surface area contributed by atoms with Crippen LogP contribution in [0.15, 0.2) is 54.7 Å². The molecule has 0 bridgehead atoms. The van der Waals surface area contributed by atoms with Crippen molar-refractivity contribution in [2.45, 2.75) is 6.17 Å². The van der Waals surface area contributed by atoms with Gasteiger partial charge < -0.3 is 9.64 Å². The average Bonchev–Trinajstić information content (AvgIpc) is 2.88. The number of carbonyl (C=O) groups is 1. The molecule has 1 amide bonds. The predicted octanol–water partition coefficient (Wildman–Crippen LogP) is 5.16. The molecule has 0 unspecified atom stereocenters. The summed E-state index contributed by atoms with van der Waals surface area (Å²) in [5.41, 5.74) is 2.53. The number of amides is 1. The van der Waals surface area contributed by atoms with Gasteiger partial charge in [0, 0.05) is 28.8 Å². The monoisotopic (exact) mass is 526 g/mol. The van der Waals surface area contributed by atoms with Gasteiger partial charge in [0.1, 0.15) is 30.2 Å². The summed E-state index contributed by atoms with van der Waals surface area (Å²) >= 11 is 0. The van der Waals surface area contributed by atoms with Gasteiger partial charge in [-0.25, -0.2) is 22.0 Å². The van der Waals surface area contributed by atoms with Crippen molar-refractivity contribution in [1.82, 2.24) is 10.4 Å². The molecule has 1 aromatic heterocycles. The molecule has 3 aromatic carbocycles. The topological polar surface area (TPSA) is 57.7 Å². The summed E-state index contributed by atoms with van der Waals surface area (Å²) in [6.07, 6.45) is 0.0245. The molecule has 0 aliphatic carbocycles. The summed E-state index contributed by atoms with van der Waals surface area (Å²) in [5.74, 6) is -4.97. The van der Waals surface area contributed by atoms with Gasteiger partial charge in [-0.1, -0.05) is 12.1 Å². The third kappa shape index (κ3) is 3.94. The van der Waals surface area contributed by atoms with E-state index in [0.717, 1.165) is 6.07 Å². The van der Waals surface area contributed by atoms with E-state index in [-0.39, 0.29) is 35.2 Å². The molecule has 6 rings (SSSR count). The van der Waals surface area contributed by atoms with Gasteiger partial charge in [0.05, 0.1) is 42.1 Å². The van der Waals surface area contributed by atoms with Crippen molar-refractivity contribution in [1.29, 1.82) is 0 Å². The largest absolute Gasteiger partial charge is 0.489 e. The lowest BCUT2D eigenvalue weighted by molar-refractivity contribution is 0.0944. The number of hydrogen-bond acceptors (Lipinski definition) is 5. The van der Waals surface area contributed by atoms with Gasteiger partial charge in [0.25, 0.3) is 5.91 Å². The molecular weight excluding hydrogens is 507 g/mol. The molecule has 0 saturated carbocycles. The summed E-state index contributed by atoms with van der Waals surface area (Å²) < 4.78 is 77.2. The van der Waals surface area contributed by atoms with E-state index in [9.17, 15) is 22.4 Å². The first-order chi connectivity index (χ1) is 18.3. The molecule has 6 nitrogen and oxygen atoms in total. The highest BCUT2D eigenvalue weighted by atomic mass is 19.2. The number of halogens is 5. The molecule has 4 aromatic rings. The number of alkyl halides is 1. The SMILES string of the molecule is O=C(NN1CCOc2ccccc21)c1cnc2c(-c3cc(F)cc(F)c3F)c(F)ccc2c1N1CC(F)C1. The smallest absolute Gasteiger partial charge is 0.273 e. The fourth-order valence-corrected chi connectivity index (χ4v) is 4.80. The second-order valence-electron chi connectivity index (χ2n) is 9.00. The van der Waals surface area contributed by atoms with E-state index in [1.165, 1.54) is 12.3 Å². The third-order valence-corrected chi connectivity index (χ3v) is 6.59. The fourth-order valence-electron chi connectivity index (χ4n) is 4.80. The zero-order chi connectivity index (χ0) is 26.6. The first-order valence-electron chi connectivity index (χ1n) is 11.8. The van der Waals surface area contributed by atoms with Crippen LogP contribution in [0.4, 0.5) is 33.3 Å². The molecule has 1 saturated heterocycles. The number of para-hydroxylation sites is 2. The maximum Gasteiger partial charge on any atom is 0.273 e. The number of aromatic nitrogens is 1. The molecule has 1 N–H and O–H groups in total. The van der Waals surface area contributed by atoms with Gasteiger partial charge >= 0.3 is 0 Å². The van der Waals surface area contributed by atoms with Crippen LogP contribution < -0.4 is 20.1 Å². The van der Waals surface area contributed by atoms with E-state index >= 15 is 4.39 Å². The summed E-state index contributed by atoms with van der Waals surface area (Å²) in [4.78, 5) is 19.3. The molecule has 2 aliphatic heterocycles. The van der Waals surface area contributed by atoms with Crippen molar-refractivity contribution in [2.24, 2.45) is 0 Å². The van der Waals surface area contributed by atoms with Crippen LogP contribution in [0.25, 0.3) is 22.0 Å². The second-order valence-corrected chi connectivity index (χ2v) is 9.00.